The number of rotatable bonds is 6. The molecule has 3 rings (SSSR count). The zero-order valence-corrected chi connectivity index (χ0v) is 15.3. The minimum absolute atomic E-state index is 0.0520. The highest BCUT2D eigenvalue weighted by molar-refractivity contribution is 7.89. The second-order valence-corrected chi connectivity index (χ2v) is 8.55. The first-order valence-electron chi connectivity index (χ1n) is 7.93. The summed E-state index contributed by atoms with van der Waals surface area (Å²) in [6, 6.07) is 6.22. The van der Waals surface area contributed by atoms with E-state index in [1.165, 1.54) is 27.9 Å². The van der Waals surface area contributed by atoms with Crippen molar-refractivity contribution in [2.75, 3.05) is 19.7 Å². The van der Waals surface area contributed by atoms with E-state index in [9.17, 15) is 22.4 Å². The molecule has 0 N–H and O–H groups in total. The molecule has 0 unspecified atom stereocenters. The van der Waals surface area contributed by atoms with Crippen molar-refractivity contribution in [1.82, 2.24) is 4.31 Å². The van der Waals surface area contributed by atoms with Crippen LogP contribution in [0.25, 0.3) is 0 Å². The molecule has 9 heteroatoms. The Hall–Kier alpha value is -2.10. The normalized spacial score (nSPS) is 15.1. The van der Waals surface area contributed by atoms with Crippen LogP contribution in [0.4, 0.5) is 4.39 Å². The summed E-state index contributed by atoms with van der Waals surface area (Å²) in [4.78, 5) is 24.1. The molecule has 2 heterocycles. The molecule has 138 valence electrons. The summed E-state index contributed by atoms with van der Waals surface area (Å²) >= 11 is 0.951. The predicted molar refractivity (Wildman–Crippen MR) is 93.3 cm³/mol. The average molecular weight is 397 g/mol. The first kappa shape index (κ1) is 18.7. The van der Waals surface area contributed by atoms with Gasteiger partial charge in [-0.2, -0.15) is 4.31 Å². The molecule has 1 fully saturated rings. The van der Waals surface area contributed by atoms with E-state index in [0.717, 1.165) is 36.3 Å². The van der Waals surface area contributed by atoms with Crippen LogP contribution in [0.3, 0.4) is 0 Å². The van der Waals surface area contributed by atoms with Gasteiger partial charge in [-0.1, -0.05) is 0 Å². The summed E-state index contributed by atoms with van der Waals surface area (Å²) < 4.78 is 44.5. The fourth-order valence-corrected chi connectivity index (χ4v) is 5.43. The van der Waals surface area contributed by atoms with E-state index in [1.54, 1.807) is 0 Å². The molecule has 2 aromatic rings. The Morgan fingerprint density at radius 3 is 2.42 bits per heavy atom. The number of nitrogens with zero attached hydrogens (tertiary/aromatic N) is 1. The highest BCUT2D eigenvalue weighted by atomic mass is 32.2. The van der Waals surface area contributed by atoms with E-state index in [0.29, 0.717) is 13.1 Å². The van der Waals surface area contributed by atoms with Crippen LogP contribution in [0.15, 0.2) is 40.6 Å². The summed E-state index contributed by atoms with van der Waals surface area (Å²) in [5, 5.41) is 1.50. The third-order valence-electron chi connectivity index (χ3n) is 4.00. The van der Waals surface area contributed by atoms with Crippen molar-refractivity contribution in [3.8, 4) is 0 Å². The van der Waals surface area contributed by atoms with Gasteiger partial charge < -0.3 is 4.74 Å². The van der Waals surface area contributed by atoms with Crippen LogP contribution in [-0.2, 0) is 14.8 Å². The largest absolute Gasteiger partial charge is 0.453 e. The second kappa shape index (κ2) is 7.65. The van der Waals surface area contributed by atoms with Gasteiger partial charge in [0.1, 0.15) is 15.6 Å². The highest BCUT2D eigenvalue weighted by Gasteiger charge is 2.32. The van der Waals surface area contributed by atoms with Crippen molar-refractivity contribution in [2.45, 2.75) is 17.7 Å². The van der Waals surface area contributed by atoms with E-state index in [2.05, 4.69) is 0 Å². The van der Waals surface area contributed by atoms with Gasteiger partial charge in [0.25, 0.3) is 0 Å². The lowest BCUT2D eigenvalue weighted by Crippen LogP contribution is -2.29. The van der Waals surface area contributed by atoms with Crippen LogP contribution < -0.4 is 0 Å². The van der Waals surface area contributed by atoms with Crippen LogP contribution in [0.2, 0.25) is 0 Å². The minimum atomic E-state index is -3.75. The molecule has 1 aliphatic rings. The number of carbonyl (C=O) groups excluding carboxylic acids is 2. The Labute approximate surface area is 154 Å². The molecule has 0 radical (unpaired) electrons. The smallest absolute Gasteiger partial charge is 0.350 e. The van der Waals surface area contributed by atoms with E-state index < -0.39 is 34.2 Å². The van der Waals surface area contributed by atoms with Crippen LogP contribution >= 0.6 is 11.3 Å². The number of halogens is 1. The highest BCUT2D eigenvalue weighted by Crippen LogP contribution is 2.28. The van der Waals surface area contributed by atoms with E-state index in [-0.39, 0.29) is 15.3 Å². The van der Waals surface area contributed by atoms with Gasteiger partial charge in [0.05, 0.1) is 0 Å². The number of esters is 1. The Morgan fingerprint density at radius 2 is 1.77 bits per heavy atom. The number of sulfonamides is 1. The molecule has 6 nitrogen and oxygen atoms in total. The van der Waals surface area contributed by atoms with E-state index in [1.807, 2.05) is 0 Å². The van der Waals surface area contributed by atoms with E-state index in [4.69, 9.17) is 4.74 Å². The van der Waals surface area contributed by atoms with Gasteiger partial charge >= 0.3 is 5.97 Å². The summed E-state index contributed by atoms with van der Waals surface area (Å²) in [6.45, 7) is 0.303. The molecule has 0 amide bonds. The number of benzene rings is 1. The molecule has 0 atom stereocenters. The maximum atomic E-state index is 12.9. The van der Waals surface area contributed by atoms with Crippen molar-refractivity contribution < 1.29 is 27.1 Å². The van der Waals surface area contributed by atoms with E-state index >= 15 is 0 Å². The summed E-state index contributed by atoms with van der Waals surface area (Å²) in [7, 11) is -3.75. The van der Waals surface area contributed by atoms with Crippen LogP contribution in [-0.4, -0.2) is 44.2 Å². The van der Waals surface area contributed by atoms with Gasteiger partial charge in [-0.25, -0.2) is 17.6 Å². The van der Waals surface area contributed by atoms with Crippen molar-refractivity contribution >= 4 is 33.1 Å². The van der Waals surface area contributed by atoms with Gasteiger partial charge in [0.2, 0.25) is 10.0 Å². The molecular formula is C17H16FNO5S2. The molecule has 26 heavy (non-hydrogen) atoms. The van der Waals surface area contributed by atoms with Gasteiger partial charge in [0, 0.05) is 18.7 Å². The Bertz CT molecular complexity index is 915. The fraction of sp³-hybridized carbons (Fsp3) is 0.294. The molecule has 1 aliphatic heterocycles. The maximum Gasteiger partial charge on any atom is 0.350 e. The molecule has 1 aromatic heterocycles. The maximum absolute atomic E-state index is 12.9. The number of hydrogen-bond acceptors (Lipinski definition) is 6. The Balaban J connectivity index is 1.70. The van der Waals surface area contributed by atoms with Crippen LogP contribution in [0, 0.1) is 5.82 Å². The quantitative estimate of drug-likeness (QED) is 0.553. The molecule has 0 saturated carbocycles. The van der Waals surface area contributed by atoms with Crippen LogP contribution in [0.1, 0.15) is 32.9 Å². The van der Waals surface area contributed by atoms with Crippen molar-refractivity contribution in [3.05, 3.63) is 52.0 Å². The number of ether oxygens (including phenoxy) is 1. The van der Waals surface area contributed by atoms with Crippen molar-refractivity contribution in [2.24, 2.45) is 0 Å². The lowest BCUT2D eigenvalue weighted by molar-refractivity contribution is 0.0476. The number of hydrogen-bond donors (Lipinski definition) is 0. The molecule has 1 aromatic carbocycles. The molecule has 0 spiro atoms. The summed E-state index contributed by atoms with van der Waals surface area (Å²) in [5.74, 6) is -1.85. The van der Waals surface area contributed by atoms with Gasteiger partial charge in [-0.15, -0.1) is 11.3 Å². The summed E-state index contributed by atoms with van der Waals surface area (Å²) in [5.41, 5.74) is 0.204. The third-order valence-corrected chi connectivity index (χ3v) is 6.96. The Morgan fingerprint density at radius 1 is 1.12 bits per heavy atom. The van der Waals surface area contributed by atoms with Gasteiger partial charge in [-0.3, -0.25) is 4.79 Å². The average Bonchev–Trinajstić information content (AvgIpc) is 3.31. The second-order valence-electron chi connectivity index (χ2n) is 5.73. The zero-order valence-electron chi connectivity index (χ0n) is 13.7. The topological polar surface area (TPSA) is 80.8 Å². The first-order valence-corrected chi connectivity index (χ1v) is 10.2. The van der Waals surface area contributed by atoms with Crippen LogP contribution in [0.5, 0.6) is 0 Å². The SMILES string of the molecule is O=C(COC(=O)c1sccc1S(=O)(=O)N1CCCC1)c1ccc(F)cc1. The monoisotopic (exact) mass is 397 g/mol. The van der Waals surface area contributed by atoms with Gasteiger partial charge in [-0.05, 0) is 48.6 Å². The number of thiophene rings is 1. The number of ketones is 1. The number of carbonyl (C=O) groups is 2. The lowest BCUT2D eigenvalue weighted by Gasteiger charge is -2.15. The molecule has 0 bridgehead atoms. The van der Waals surface area contributed by atoms with Crippen molar-refractivity contribution in [3.63, 3.8) is 0 Å². The fourth-order valence-electron chi connectivity index (χ4n) is 2.63. The van der Waals surface area contributed by atoms with Gasteiger partial charge in [0.15, 0.2) is 12.4 Å². The molecular weight excluding hydrogens is 381 g/mol. The molecule has 1 saturated heterocycles. The standard InChI is InChI=1S/C17H16FNO5S2/c18-13-5-3-12(4-6-13)14(20)11-24-17(21)16-15(7-10-25-16)26(22,23)19-8-1-2-9-19/h3-7,10H,1-2,8-9,11H2. The molecule has 0 aliphatic carbocycles. The summed E-state index contributed by atoms with van der Waals surface area (Å²) in [6.07, 6.45) is 1.57. The van der Waals surface area contributed by atoms with Crippen molar-refractivity contribution in [1.29, 1.82) is 0 Å². The third kappa shape index (κ3) is 3.84. The zero-order chi connectivity index (χ0) is 18.7. The number of Topliss-reactive ketones (excluding diaryl/α,β-unsaturated/α-hetero) is 1. The predicted octanol–water partition coefficient (Wildman–Crippen LogP) is 2.71. The first-order chi connectivity index (χ1) is 12.4. The Kier molecular flexibility index (Phi) is 5.49. The minimum Gasteiger partial charge on any atom is -0.453 e. The lowest BCUT2D eigenvalue weighted by atomic mass is 10.1.